The maximum absolute atomic E-state index is 13.0. The number of halogens is 4. The normalized spacial score (nSPS) is 15.8. The first-order valence-corrected chi connectivity index (χ1v) is 10.0. The van der Waals surface area contributed by atoms with Crippen LogP contribution in [-0.4, -0.2) is 41.5 Å². The second-order valence-corrected chi connectivity index (χ2v) is 8.59. The molecule has 0 unspecified atom stereocenters. The number of aromatic nitrogens is 2. The zero-order valence-corrected chi connectivity index (χ0v) is 16.2. The molecule has 0 saturated carbocycles. The van der Waals surface area contributed by atoms with Crippen molar-refractivity contribution in [2.75, 3.05) is 18.4 Å². The van der Waals surface area contributed by atoms with E-state index >= 15 is 0 Å². The van der Waals surface area contributed by atoms with E-state index in [1.165, 1.54) is 23.5 Å². The highest BCUT2D eigenvalue weighted by Crippen LogP contribution is 2.32. The van der Waals surface area contributed by atoms with E-state index in [0.29, 0.717) is 13.1 Å². The Bertz CT molecular complexity index is 1010. The van der Waals surface area contributed by atoms with E-state index in [1.54, 1.807) is 0 Å². The van der Waals surface area contributed by atoms with E-state index < -0.39 is 33.4 Å². The fourth-order valence-electron chi connectivity index (χ4n) is 2.91. The SMILES string of the molecule is Cn1cc(C(=O)Nc2ccc(Cl)c(S(=O)(=O)N3CCCC3)c2)c(C(F)(F)F)n1. The molecule has 1 fully saturated rings. The molecule has 1 aromatic carbocycles. The highest BCUT2D eigenvalue weighted by atomic mass is 35.5. The Morgan fingerprint density at radius 1 is 1.25 bits per heavy atom. The van der Waals surface area contributed by atoms with Crippen LogP contribution in [0.3, 0.4) is 0 Å². The van der Waals surface area contributed by atoms with Crippen molar-refractivity contribution in [2.24, 2.45) is 7.05 Å². The maximum Gasteiger partial charge on any atom is 0.435 e. The Labute approximate surface area is 164 Å². The highest BCUT2D eigenvalue weighted by Gasteiger charge is 2.39. The van der Waals surface area contributed by atoms with Gasteiger partial charge < -0.3 is 5.32 Å². The van der Waals surface area contributed by atoms with Crippen LogP contribution >= 0.6 is 11.6 Å². The third kappa shape index (κ3) is 4.01. The average Bonchev–Trinajstić information content (AvgIpc) is 3.25. The lowest BCUT2D eigenvalue weighted by Crippen LogP contribution is -2.28. The molecule has 0 atom stereocenters. The van der Waals surface area contributed by atoms with Gasteiger partial charge in [-0.05, 0) is 31.0 Å². The molecule has 0 aliphatic carbocycles. The predicted octanol–water partition coefficient (Wildman–Crippen LogP) is 3.13. The van der Waals surface area contributed by atoms with Crippen molar-refractivity contribution >= 4 is 33.2 Å². The molecule has 1 aromatic heterocycles. The molecule has 7 nitrogen and oxygen atoms in total. The van der Waals surface area contributed by atoms with Gasteiger partial charge in [-0.25, -0.2) is 8.42 Å². The fraction of sp³-hybridized carbons (Fsp3) is 0.375. The number of carbonyl (C=O) groups excluding carboxylic acids is 1. The summed E-state index contributed by atoms with van der Waals surface area (Å²) in [6, 6.07) is 3.72. The van der Waals surface area contributed by atoms with Gasteiger partial charge in [0, 0.05) is 32.0 Å². The van der Waals surface area contributed by atoms with Gasteiger partial charge in [-0.15, -0.1) is 0 Å². The Kier molecular flexibility index (Phi) is 5.43. The van der Waals surface area contributed by atoms with Crippen LogP contribution in [0.5, 0.6) is 0 Å². The summed E-state index contributed by atoms with van der Waals surface area (Å²) in [6.07, 6.45) is -2.41. The van der Waals surface area contributed by atoms with Gasteiger partial charge in [0.05, 0.1) is 10.6 Å². The van der Waals surface area contributed by atoms with Gasteiger partial charge in [-0.1, -0.05) is 11.6 Å². The second-order valence-electron chi connectivity index (χ2n) is 6.27. The quantitative estimate of drug-likeness (QED) is 0.798. The molecule has 1 N–H and O–H groups in total. The molecule has 28 heavy (non-hydrogen) atoms. The van der Waals surface area contributed by atoms with Crippen LogP contribution in [0.2, 0.25) is 5.02 Å². The molecule has 0 spiro atoms. The molecule has 1 amide bonds. The number of nitrogens with zero attached hydrogens (tertiary/aromatic N) is 3. The molecule has 1 saturated heterocycles. The van der Waals surface area contributed by atoms with E-state index in [1.807, 2.05) is 0 Å². The first kappa shape index (κ1) is 20.6. The van der Waals surface area contributed by atoms with Crippen LogP contribution < -0.4 is 5.32 Å². The van der Waals surface area contributed by atoms with E-state index in [2.05, 4.69) is 10.4 Å². The van der Waals surface area contributed by atoms with Gasteiger partial charge in [0.1, 0.15) is 4.90 Å². The zero-order valence-electron chi connectivity index (χ0n) is 14.6. The molecule has 2 aromatic rings. The number of rotatable bonds is 4. The van der Waals surface area contributed by atoms with Crippen LogP contribution in [0.15, 0.2) is 29.3 Å². The number of nitrogens with one attached hydrogen (secondary N) is 1. The van der Waals surface area contributed by atoms with Crippen molar-refractivity contribution in [3.63, 3.8) is 0 Å². The third-order valence-corrected chi connectivity index (χ3v) is 6.59. The summed E-state index contributed by atoms with van der Waals surface area (Å²) in [4.78, 5) is 12.1. The number of aryl methyl sites for hydroxylation is 1. The van der Waals surface area contributed by atoms with Gasteiger partial charge in [0.25, 0.3) is 5.91 Å². The number of carbonyl (C=O) groups is 1. The smallest absolute Gasteiger partial charge is 0.322 e. The van der Waals surface area contributed by atoms with Crippen LogP contribution in [0.4, 0.5) is 18.9 Å². The van der Waals surface area contributed by atoms with Gasteiger partial charge >= 0.3 is 6.18 Å². The Morgan fingerprint density at radius 3 is 2.50 bits per heavy atom. The molecule has 1 aliphatic heterocycles. The summed E-state index contributed by atoms with van der Waals surface area (Å²) in [7, 11) is -2.61. The largest absolute Gasteiger partial charge is 0.435 e. The molecule has 0 bridgehead atoms. The zero-order chi connectivity index (χ0) is 20.7. The van der Waals surface area contributed by atoms with Crippen molar-refractivity contribution in [3.05, 3.63) is 40.7 Å². The summed E-state index contributed by atoms with van der Waals surface area (Å²) < 4.78 is 66.7. The van der Waals surface area contributed by atoms with E-state index in [-0.39, 0.29) is 15.6 Å². The van der Waals surface area contributed by atoms with Gasteiger partial charge in [-0.2, -0.15) is 22.6 Å². The monoisotopic (exact) mass is 436 g/mol. The van der Waals surface area contributed by atoms with Crippen LogP contribution in [-0.2, 0) is 23.2 Å². The fourth-order valence-corrected chi connectivity index (χ4v) is 4.93. The molecular formula is C16H16ClF3N4O3S. The average molecular weight is 437 g/mol. The number of alkyl halides is 3. The van der Waals surface area contributed by atoms with Gasteiger partial charge in [0.15, 0.2) is 5.69 Å². The minimum absolute atomic E-state index is 0.00384. The third-order valence-electron chi connectivity index (χ3n) is 4.21. The first-order chi connectivity index (χ1) is 13.0. The summed E-state index contributed by atoms with van der Waals surface area (Å²) >= 11 is 6.02. The topological polar surface area (TPSA) is 84.3 Å². The van der Waals surface area contributed by atoms with E-state index in [0.717, 1.165) is 29.8 Å². The number of anilines is 1. The lowest BCUT2D eigenvalue weighted by Gasteiger charge is -2.17. The molecule has 12 heteroatoms. The lowest BCUT2D eigenvalue weighted by atomic mass is 10.2. The minimum Gasteiger partial charge on any atom is -0.322 e. The molecule has 2 heterocycles. The van der Waals surface area contributed by atoms with Crippen molar-refractivity contribution in [1.82, 2.24) is 14.1 Å². The summed E-state index contributed by atoms with van der Waals surface area (Å²) in [5.74, 6) is -1.06. The van der Waals surface area contributed by atoms with Gasteiger partial charge in [0.2, 0.25) is 10.0 Å². The van der Waals surface area contributed by atoms with Crippen molar-refractivity contribution < 1.29 is 26.4 Å². The van der Waals surface area contributed by atoms with Crippen LogP contribution in [0.1, 0.15) is 28.9 Å². The summed E-state index contributed by atoms with van der Waals surface area (Å²) in [5.41, 5.74) is -2.00. The van der Waals surface area contributed by atoms with E-state index in [9.17, 15) is 26.4 Å². The molecule has 152 valence electrons. The molecular weight excluding hydrogens is 421 g/mol. The lowest BCUT2D eigenvalue weighted by molar-refractivity contribution is -0.141. The Balaban J connectivity index is 1.91. The summed E-state index contributed by atoms with van der Waals surface area (Å²) in [6.45, 7) is 0.722. The van der Waals surface area contributed by atoms with Gasteiger partial charge in [-0.3, -0.25) is 9.48 Å². The first-order valence-electron chi connectivity index (χ1n) is 8.22. The summed E-state index contributed by atoms with van der Waals surface area (Å²) in [5, 5.41) is 5.52. The number of hydrogen-bond donors (Lipinski definition) is 1. The number of benzene rings is 1. The Morgan fingerprint density at radius 2 is 1.89 bits per heavy atom. The highest BCUT2D eigenvalue weighted by molar-refractivity contribution is 7.89. The van der Waals surface area contributed by atoms with Crippen LogP contribution in [0.25, 0.3) is 0 Å². The van der Waals surface area contributed by atoms with Crippen LogP contribution in [0, 0.1) is 0 Å². The minimum atomic E-state index is -4.81. The van der Waals surface area contributed by atoms with Crippen molar-refractivity contribution in [3.8, 4) is 0 Å². The molecule has 3 rings (SSSR count). The number of amides is 1. The Hall–Kier alpha value is -2.11. The molecule has 0 radical (unpaired) electrons. The molecule has 1 aliphatic rings. The number of sulfonamides is 1. The standard InChI is InChI=1S/C16H16ClF3N4O3S/c1-23-9-11(14(22-23)16(18,19)20)15(25)21-10-4-5-12(17)13(8-10)28(26,27)24-6-2-3-7-24/h4-5,8-9H,2-3,6-7H2,1H3,(H,21,25). The predicted molar refractivity (Wildman–Crippen MR) is 95.6 cm³/mol. The van der Waals surface area contributed by atoms with Crippen molar-refractivity contribution in [1.29, 1.82) is 0 Å². The second kappa shape index (κ2) is 7.37. The van der Waals surface area contributed by atoms with E-state index in [4.69, 9.17) is 11.6 Å². The van der Waals surface area contributed by atoms with Crippen molar-refractivity contribution in [2.45, 2.75) is 23.9 Å². The number of hydrogen-bond acceptors (Lipinski definition) is 4. The maximum atomic E-state index is 13.0.